The highest BCUT2D eigenvalue weighted by atomic mass is 19.1. The van der Waals surface area contributed by atoms with Crippen LogP contribution in [-0.4, -0.2) is 35.3 Å². The van der Waals surface area contributed by atoms with E-state index in [0.29, 0.717) is 18.0 Å². The molecule has 2 aromatic carbocycles. The number of carbonyl (C=O) groups excluding carboxylic acids is 1. The van der Waals surface area contributed by atoms with Gasteiger partial charge in [0, 0.05) is 25.3 Å². The van der Waals surface area contributed by atoms with Crippen LogP contribution < -0.4 is 10.2 Å². The van der Waals surface area contributed by atoms with Crippen molar-refractivity contribution in [3.63, 3.8) is 0 Å². The number of hydrogen-bond acceptors (Lipinski definition) is 3. The first-order valence-corrected chi connectivity index (χ1v) is 10.9. The zero-order valence-electron chi connectivity index (χ0n) is 18.3. The van der Waals surface area contributed by atoms with Crippen LogP contribution in [0.5, 0.6) is 0 Å². The summed E-state index contributed by atoms with van der Waals surface area (Å²) in [5.41, 5.74) is 4.71. The number of hydrogen-bond donors (Lipinski definition) is 1. The Hall–Kier alpha value is -3.15. The van der Waals surface area contributed by atoms with Gasteiger partial charge in [-0.2, -0.15) is 5.10 Å². The zero-order valence-corrected chi connectivity index (χ0v) is 18.3. The fourth-order valence-electron chi connectivity index (χ4n) is 4.20. The van der Waals surface area contributed by atoms with Crippen molar-refractivity contribution in [2.24, 2.45) is 5.92 Å². The third-order valence-electron chi connectivity index (χ3n) is 5.91. The molecule has 0 spiro atoms. The third kappa shape index (κ3) is 4.63. The first-order valence-electron chi connectivity index (χ1n) is 10.9. The molecule has 1 N–H and O–H groups in total. The molecule has 1 aliphatic rings. The van der Waals surface area contributed by atoms with Crippen LogP contribution in [0, 0.1) is 18.7 Å². The molecule has 4 rings (SSSR count). The van der Waals surface area contributed by atoms with Crippen LogP contribution >= 0.6 is 0 Å². The lowest BCUT2D eigenvalue weighted by Crippen LogP contribution is -2.31. The van der Waals surface area contributed by atoms with Gasteiger partial charge >= 0.3 is 0 Å². The first-order chi connectivity index (χ1) is 14.9. The Labute approximate surface area is 182 Å². The van der Waals surface area contributed by atoms with E-state index in [9.17, 15) is 9.18 Å². The Morgan fingerprint density at radius 2 is 1.81 bits per heavy atom. The van der Waals surface area contributed by atoms with E-state index in [2.05, 4.69) is 36.1 Å². The summed E-state index contributed by atoms with van der Waals surface area (Å²) < 4.78 is 15.0. The van der Waals surface area contributed by atoms with E-state index >= 15 is 0 Å². The fraction of sp³-hybridized carbons (Fsp3) is 0.360. The minimum absolute atomic E-state index is 0.0812. The monoisotopic (exact) mass is 420 g/mol. The van der Waals surface area contributed by atoms with Crippen LogP contribution in [0.25, 0.3) is 5.69 Å². The lowest BCUT2D eigenvalue weighted by molar-refractivity contribution is 0.0947. The van der Waals surface area contributed by atoms with Gasteiger partial charge in [0.15, 0.2) is 0 Å². The number of aromatic nitrogens is 2. The van der Waals surface area contributed by atoms with Crippen LogP contribution in [0.3, 0.4) is 0 Å². The normalized spacial score (nSPS) is 16.2. The molecule has 1 aromatic heterocycles. The number of nitrogens with zero attached hydrogens (tertiary/aromatic N) is 3. The third-order valence-corrected chi connectivity index (χ3v) is 5.91. The molecule has 1 atom stereocenters. The molecule has 6 heteroatoms. The van der Waals surface area contributed by atoms with Gasteiger partial charge in [-0.15, -0.1) is 0 Å². The molecule has 1 aliphatic heterocycles. The highest BCUT2D eigenvalue weighted by Gasteiger charge is 2.25. The molecule has 0 bridgehead atoms. The van der Waals surface area contributed by atoms with Crippen molar-refractivity contribution >= 4 is 11.6 Å². The molecule has 2 heterocycles. The summed E-state index contributed by atoms with van der Waals surface area (Å²) in [4.78, 5) is 15.2. The summed E-state index contributed by atoms with van der Waals surface area (Å²) in [7, 11) is 0. The fourth-order valence-corrected chi connectivity index (χ4v) is 4.20. The molecular weight excluding hydrogens is 391 g/mol. The lowest BCUT2D eigenvalue weighted by Gasteiger charge is -2.19. The van der Waals surface area contributed by atoms with Crippen molar-refractivity contribution in [2.75, 3.05) is 24.5 Å². The van der Waals surface area contributed by atoms with E-state index in [4.69, 9.17) is 0 Å². The van der Waals surface area contributed by atoms with Crippen molar-refractivity contribution in [1.82, 2.24) is 15.1 Å². The van der Waals surface area contributed by atoms with Gasteiger partial charge in [0.1, 0.15) is 5.82 Å². The Morgan fingerprint density at radius 1 is 1.13 bits per heavy atom. The summed E-state index contributed by atoms with van der Waals surface area (Å²) in [6.07, 6.45) is 2.67. The molecule has 5 nitrogen and oxygen atoms in total. The molecule has 162 valence electrons. The number of nitrogens with one attached hydrogen (secondary N) is 1. The molecule has 1 amide bonds. The summed E-state index contributed by atoms with van der Waals surface area (Å²) in [5.74, 6) is 0.217. The SMILES string of the molecule is Cc1ccc(-n2ncc(C(=O)NCC3CCN(c4ccc(F)cc4)C3)c2C(C)C)cc1. The van der Waals surface area contributed by atoms with Crippen molar-refractivity contribution < 1.29 is 9.18 Å². The quantitative estimate of drug-likeness (QED) is 0.629. The highest BCUT2D eigenvalue weighted by molar-refractivity contribution is 5.95. The van der Waals surface area contributed by atoms with Crippen molar-refractivity contribution in [3.8, 4) is 5.69 Å². The van der Waals surface area contributed by atoms with E-state index in [1.54, 1.807) is 6.20 Å². The molecule has 1 unspecified atom stereocenters. The number of rotatable bonds is 6. The molecule has 1 fully saturated rings. The largest absolute Gasteiger partial charge is 0.371 e. The number of carbonyl (C=O) groups is 1. The molecule has 0 aliphatic carbocycles. The maximum Gasteiger partial charge on any atom is 0.254 e. The standard InChI is InChI=1S/C25H29FN4O/c1-17(2)24-23(15-28-30(24)22-8-4-18(3)5-9-22)25(31)27-14-19-12-13-29(16-19)21-10-6-20(26)7-11-21/h4-11,15,17,19H,12-14,16H2,1-3H3,(H,27,31). The first kappa shape index (κ1) is 21.1. The Balaban J connectivity index is 1.42. The second-order valence-electron chi connectivity index (χ2n) is 8.63. The van der Waals surface area contributed by atoms with Crippen LogP contribution in [0.2, 0.25) is 0 Å². The van der Waals surface area contributed by atoms with Gasteiger partial charge in [-0.1, -0.05) is 31.5 Å². The van der Waals surface area contributed by atoms with Gasteiger partial charge in [0.25, 0.3) is 5.91 Å². The van der Waals surface area contributed by atoms with E-state index in [-0.39, 0.29) is 17.6 Å². The summed E-state index contributed by atoms with van der Waals surface area (Å²) in [5, 5.41) is 7.63. The van der Waals surface area contributed by atoms with Crippen LogP contribution in [0.1, 0.15) is 47.8 Å². The minimum Gasteiger partial charge on any atom is -0.371 e. The average Bonchev–Trinajstić information content (AvgIpc) is 3.41. The van der Waals surface area contributed by atoms with Crippen LogP contribution in [0.15, 0.2) is 54.7 Å². The Kier molecular flexibility index (Phi) is 6.07. The molecule has 3 aromatic rings. The smallest absolute Gasteiger partial charge is 0.254 e. The lowest BCUT2D eigenvalue weighted by atomic mass is 10.0. The maximum absolute atomic E-state index is 13.2. The van der Waals surface area contributed by atoms with Crippen molar-refractivity contribution in [2.45, 2.75) is 33.1 Å². The molecule has 1 saturated heterocycles. The number of amides is 1. The molecule has 31 heavy (non-hydrogen) atoms. The highest BCUT2D eigenvalue weighted by Crippen LogP contribution is 2.25. The summed E-state index contributed by atoms with van der Waals surface area (Å²) in [6, 6.07) is 14.8. The molecule has 0 radical (unpaired) electrons. The zero-order chi connectivity index (χ0) is 22.0. The number of anilines is 1. The van der Waals surface area contributed by atoms with Gasteiger partial charge in [-0.05, 0) is 61.6 Å². The average molecular weight is 421 g/mol. The van der Waals surface area contributed by atoms with Gasteiger partial charge in [0.2, 0.25) is 0 Å². The van der Waals surface area contributed by atoms with Gasteiger partial charge < -0.3 is 10.2 Å². The van der Waals surface area contributed by atoms with Crippen LogP contribution in [-0.2, 0) is 0 Å². The summed E-state index contributed by atoms with van der Waals surface area (Å²) in [6.45, 7) is 8.59. The summed E-state index contributed by atoms with van der Waals surface area (Å²) >= 11 is 0. The predicted octanol–water partition coefficient (Wildman–Crippen LogP) is 4.70. The van der Waals surface area contributed by atoms with Gasteiger partial charge in [-0.25, -0.2) is 9.07 Å². The van der Waals surface area contributed by atoms with E-state index < -0.39 is 0 Å². The predicted molar refractivity (Wildman–Crippen MR) is 121 cm³/mol. The van der Waals surface area contributed by atoms with Gasteiger partial charge in [-0.3, -0.25) is 4.79 Å². The van der Waals surface area contributed by atoms with E-state index in [1.807, 2.05) is 41.1 Å². The Morgan fingerprint density at radius 3 is 2.48 bits per heavy atom. The van der Waals surface area contributed by atoms with E-state index in [0.717, 1.165) is 36.6 Å². The maximum atomic E-state index is 13.2. The number of aryl methyl sites for hydroxylation is 1. The van der Waals surface area contributed by atoms with Crippen LogP contribution in [0.4, 0.5) is 10.1 Å². The minimum atomic E-state index is -0.223. The van der Waals surface area contributed by atoms with Crippen molar-refractivity contribution in [3.05, 3.63) is 77.4 Å². The topological polar surface area (TPSA) is 50.2 Å². The van der Waals surface area contributed by atoms with Crippen molar-refractivity contribution in [1.29, 1.82) is 0 Å². The Bertz CT molecular complexity index is 1040. The second-order valence-corrected chi connectivity index (χ2v) is 8.63. The second kappa shape index (κ2) is 8.92. The number of halogens is 1. The number of benzene rings is 2. The van der Waals surface area contributed by atoms with E-state index in [1.165, 1.54) is 17.7 Å². The molecular formula is C25H29FN4O. The molecule has 0 saturated carbocycles. The van der Waals surface area contributed by atoms with Gasteiger partial charge in [0.05, 0.1) is 23.1 Å².